The Morgan fingerprint density at radius 3 is 1.50 bits per heavy atom. The van der Waals surface area contributed by atoms with E-state index in [2.05, 4.69) is 9.97 Å². The van der Waals surface area contributed by atoms with Gasteiger partial charge in [-0.25, -0.2) is 0 Å². The van der Waals surface area contributed by atoms with Crippen LogP contribution in [0, 0.1) is 0 Å². The van der Waals surface area contributed by atoms with E-state index in [1.54, 1.807) is 12.4 Å². The van der Waals surface area contributed by atoms with E-state index < -0.39 is 0 Å². The molecule has 0 saturated heterocycles. The summed E-state index contributed by atoms with van der Waals surface area (Å²) < 4.78 is 8.19. The van der Waals surface area contributed by atoms with Gasteiger partial charge in [-0.15, -0.1) is 0 Å². The fourth-order valence-corrected chi connectivity index (χ4v) is 1.03. The second-order valence-electron chi connectivity index (χ2n) is 2.43. The van der Waals surface area contributed by atoms with Gasteiger partial charge in [-0.2, -0.15) is 0 Å². The third-order valence-corrected chi connectivity index (χ3v) is 1.59. The molecule has 0 aliphatic rings. The van der Waals surface area contributed by atoms with Crippen molar-refractivity contribution in [1.29, 1.82) is 0 Å². The summed E-state index contributed by atoms with van der Waals surface area (Å²) in [4.78, 5) is 8.37. The molecular formula is C10H8N2OV. The van der Waals surface area contributed by atoms with Crippen molar-refractivity contribution in [3.05, 3.63) is 48.8 Å². The van der Waals surface area contributed by atoms with Crippen LogP contribution in [0.25, 0.3) is 11.4 Å². The number of pyridine rings is 2. The summed E-state index contributed by atoms with van der Waals surface area (Å²) in [5.74, 6) is 0. The van der Waals surface area contributed by atoms with E-state index in [-0.39, 0.29) is 0 Å². The Morgan fingerprint density at radius 1 is 0.786 bits per heavy atom. The van der Waals surface area contributed by atoms with Gasteiger partial charge in [0.05, 0.1) is 11.4 Å². The van der Waals surface area contributed by atoms with Gasteiger partial charge in [0.2, 0.25) is 0 Å². The molecule has 69 valence electrons. The van der Waals surface area contributed by atoms with Gasteiger partial charge in [-0.3, -0.25) is 9.97 Å². The van der Waals surface area contributed by atoms with Crippen molar-refractivity contribution in [3.63, 3.8) is 0 Å². The fourth-order valence-electron chi connectivity index (χ4n) is 1.03. The van der Waals surface area contributed by atoms with Crippen LogP contribution in [0.2, 0.25) is 0 Å². The Hall–Kier alpha value is -1.32. The maximum Gasteiger partial charge on any atom is 0.0886 e. The topological polar surface area (TPSA) is 42.9 Å². The van der Waals surface area contributed by atoms with Crippen molar-refractivity contribution in [2.24, 2.45) is 0 Å². The molecule has 0 radical (unpaired) electrons. The van der Waals surface area contributed by atoms with Crippen molar-refractivity contribution < 1.29 is 21.0 Å². The molecule has 0 spiro atoms. The summed E-state index contributed by atoms with van der Waals surface area (Å²) >= 11 is 1.06. The molecule has 2 heterocycles. The quantitative estimate of drug-likeness (QED) is 0.742. The van der Waals surface area contributed by atoms with Crippen molar-refractivity contribution in [1.82, 2.24) is 9.97 Å². The predicted molar refractivity (Wildman–Crippen MR) is 48.2 cm³/mol. The molecule has 0 fully saturated rings. The first kappa shape index (κ1) is 10.8. The third-order valence-electron chi connectivity index (χ3n) is 1.59. The van der Waals surface area contributed by atoms with Gasteiger partial charge in [-0.05, 0) is 24.3 Å². The summed E-state index contributed by atoms with van der Waals surface area (Å²) in [6.07, 6.45) is 3.54. The second kappa shape index (κ2) is 6.19. The third kappa shape index (κ3) is 2.87. The smallest absolute Gasteiger partial charge is 0.0886 e. The number of hydrogen-bond donors (Lipinski definition) is 0. The average Bonchev–Trinajstić information content (AvgIpc) is 2.34. The molecule has 0 aliphatic carbocycles. The molecule has 4 heteroatoms. The molecule has 2 aromatic heterocycles. The minimum Gasteiger partial charge on any atom is -0.255 e. The first-order valence-corrected chi connectivity index (χ1v) is 4.54. The molecule has 14 heavy (non-hydrogen) atoms. The van der Waals surface area contributed by atoms with Gasteiger partial charge in [0, 0.05) is 12.4 Å². The van der Waals surface area contributed by atoms with Gasteiger partial charge < -0.3 is 0 Å². The largest absolute Gasteiger partial charge is 0.255 e. The number of aromatic nitrogens is 2. The van der Waals surface area contributed by atoms with Crippen LogP contribution in [0.3, 0.4) is 0 Å². The van der Waals surface area contributed by atoms with E-state index in [0.717, 1.165) is 28.8 Å². The summed E-state index contributed by atoms with van der Waals surface area (Å²) in [7, 11) is 0. The van der Waals surface area contributed by atoms with Crippen LogP contribution >= 0.6 is 0 Å². The molecule has 2 aromatic rings. The van der Waals surface area contributed by atoms with E-state index >= 15 is 0 Å². The fraction of sp³-hybridized carbons (Fsp3) is 0. The van der Waals surface area contributed by atoms with E-state index in [4.69, 9.17) is 3.67 Å². The molecule has 0 bridgehead atoms. The number of nitrogens with zero attached hydrogens (tertiary/aromatic N) is 2. The van der Waals surface area contributed by atoms with Crippen LogP contribution in [-0.4, -0.2) is 9.97 Å². The molecule has 0 aliphatic heterocycles. The zero-order chi connectivity index (χ0) is 10.2. The Bertz CT molecular complexity index is 329. The SMILES string of the molecule is [O]=[V].c1ccc(-c2ccccn2)nc1. The molecule has 0 aromatic carbocycles. The van der Waals surface area contributed by atoms with Crippen LogP contribution in [0.1, 0.15) is 0 Å². The van der Waals surface area contributed by atoms with Crippen molar-refractivity contribution in [3.8, 4) is 11.4 Å². The van der Waals surface area contributed by atoms with Crippen LogP contribution in [0.4, 0.5) is 0 Å². The van der Waals surface area contributed by atoms with Gasteiger partial charge in [0.25, 0.3) is 0 Å². The Kier molecular flexibility index (Phi) is 4.76. The first-order chi connectivity index (χ1) is 6.97. The van der Waals surface area contributed by atoms with E-state index in [1.165, 1.54) is 0 Å². The summed E-state index contributed by atoms with van der Waals surface area (Å²) in [6, 6.07) is 11.6. The van der Waals surface area contributed by atoms with E-state index in [1.807, 2.05) is 36.4 Å². The zero-order valence-corrected chi connectivity index (χ0v) is 8.77. The van der Waals surface area contributed by atoms with Crippen LogP contribution in [-0.2, 0) is 21.0 Å². The molecule has 0 amide bonds. The van der Waals surface area contributed by atoms with Crippen LogP contribution in [0.15, 0.2) is 48.8 Å². The Balaban J connectivity index is 0.000000461. The second-order valence-corrected chi connectivity index (χ2v) is 2.43. The molecule has 0 saturated carbocycles. The molecule has 2 rings (SSSR count). The van der Waals surface area contributed by atoms with Gasteiger partial charge >= 0.3 is 21.0 Å². The maximum absolute atomic E-state index is 8.19. The standard InChI is InChI=1S/C10H8N2.O.V/c1-3-7-11-9(5-1)10-6-2-4-8-12-10;;/h1-8H;;. The predicted octanol–water partition coefficient (Wildman–Crippen LogP) is 2.02. The molecule has 3 nitrogen and oxygen atoms in total. The minimum absolute atomic E-state index is 0.915. The Labute approximate surface area is 91.4 Å². The Morgan fingerprint density at radius 2 is 1.21 bits per heavy atom. The molecule has 0 unspecified atom stereocenters. The van der Waals surface area contributed by atoms with Crippen LogP contribution < -0.4 is 0 Å². The zero-order valence-electron chi connectivity index (χ0n) is 7.37. The average molecular weight is 223 g/mol. The summed E-state index contributed by atoms with van der Waals surface area (Å²) in [5, 5.41) is 0. The molecule has 0 N–H and O–H groups in total. The number of rotatable bonds is 1. The van der Waals surface area contributed by atoms with Crippen LogP contribution in [0.5, 0.6) is 0 Å². The normalized spacial score (nSPS) is 8.50. The van der Waals surface area contributed by atoms with Crippen molar-refractivity contribution in [2.45, 2.75) is 0 Å². The van der Waals surface area contributed by atoms with Gasteiger partial charge in [0.1, 0.15) is 0 Å². The minimum atomic E-state index is 0.915. The maximum atomic E-state index is 8.19. The van der Waals surface area contributed by atoms with E-state index in [0.29, 0.717) is 0 Å². The monoisotopic (exact) mass is 223 g/mol. The van der Waals surface area contributed by atoms with Crippen molar-refractivity contribution in [2.75, 3.05) is 0 Å². The van der Waals surface area contributed by atoms with Crippen molar-refractivity contribution >= 4 is 0 Å². The van der Waals surface area contributed by atoms with E-state index in [9.17, 15) is 0 Å². The molecular weight excluding hydrogens is 215 g/mol. The summed E-state index contributed by atoms with van der Waals surface area (Å²) in [5.41, 5.74) is 1.83. The summed E-state index contributed by atoms with van der Waals surface area (Å²) in [6.45, 7) is 0. The number of hydrogen-bond acceptors (Lipinski definition) is 3. The molecule has 0 atom stereocenters. The van der Waals surface area contributed by atoms with Gasteiger partial charge in [-0.1, -0.05) is 12.1 Å². The first-order valence-electron chi connectivity index (χ1n) is 3.97. The van der Waals surface area contributed by atoms with Gasteiger partial charge in [0.15, 0.2) is 0 Å².